The molecule has 1 unspecified atom stereocenters. The van der Waals surface area contributed by atoms with Gasteiger partial charge in [0.15, 0.2) is 12.1 Å². The number of ether oxygens (including phenoxy) is 2. The Balaban J connectivity index is 1.71. The predicted octanol–water partition coefficient (Wildman–Crippen LogP) is 6.39. The zero-order valence-electron chi connectivity index (χ0n) is 23.0. The molecule has 3 N–H and O–H groups in total. The van der Waals surface area contributed by atoms with Crippen LogP contribution in [0.15, 0.2) is 47.9 Å². The van der Waals surface area contributed by atoms with Gasteiger partial charge in [-0.2, -0.15) is 0 Å². The molecule has 2 aliphatic heterocycles. The molecule has 4 fully saturated rings. The Morgan fingerprint density at radius 3 is 2.49 bits per heavy atom. The SMILES string of the molecule is C=I[C@@]12CCC[C@H](O)[C@@]1(C)C[C@@H](c1ccc(C3OCCO3)cc1)/C(=C1\CCC(=O)CN1)[C@@]2(I)CC(C)C(=C)O. The number of carbonyl (C=O) groups excluding carboxylic acids is 1. The minimum Gasteiger partial charge on any atom is -0.513 e. The van der Waals surface area contributed by atoms with Crippen molar-refractivity contribution < 1.29 is 24.5 Å². The third kappa shape index (κ3) is 4.97. The van der Waals surface area contributed by atoms with Crippen LogP contribution >= 0.6 is 43.3 Å². The molecule has 0 bridgehead atoms. The van der Waals surface area contributed by atoms with Crippen LogP contribution in [0.5, 0.6) is 0 Å². The van der Waals surface area contributed by atoms with Gasteiger partial charge in [-0.3, -0.25) is 4.79 Å². The van der Waals surface area contributed by atoms with E-state index in [1.807, 2.05) is 0 Å². The fourth-order valence-corrected chi connectivity index (χ4v) is 14.1. The topological polar surface area (TPSA) is 88.0 Å². The number of nitrogens with one attached hydrogen (secondary N) is 1. The van der Waals surface area contributed by atoms with E-state index in [9.17, 15) is 15.0 Å². The van der Waals surface area contributed by atoms with Gasteiger partial charge in [-0.15, -0.1) is 20.7 Å². The molecular weight excluding hydrogens is 720 g/mol. The van der Waals surface area contributed by atoms with Crippen molar-refractivity contribution in [2.75, 3.05) is 19.8 Å². The lowest BCUT2D eigenvalue weighted by Crippen LogP contribution is -2.67. The summed E-state index contributed by atoms with van der Waals surface area (Å²) < 4.78 is 15.6. The Morgan fingerprint density at radius 2 is 1.90 bits per heavy atom. The van der Waals surface area contributed by atoms with E-state index in [1.54, 1.807) is 0 Å². The first kappa shape index (κ1) is 29.7. The molecule has 1 aromatic carbocycles. The molecule has 2 aliphatic carbocycles. The highest BCUT2D eigenvalue weighted by molar-refractivity contribution is 14.2. The van der Waals surface area contributed by atoms with Crippen LogP contribution in [0.1, 0.15) is 82.1 Å². The summed E-state index contributed by atoms with van der Waals surface area (Å²) in [5, 5.41) is 25.8. The Labute approximate surface area is 255 Å². The van der Waals surface area contributed by atoms with E-state index in [4.69, 9.17) is 9.47 Å². The van der Waals surface area contributed by atoms with Gasteiger partial charge in [-0.25, -0.2) is 0 Å². The lowest BCUT2D eigenvalue weighted by molar-refractivity contribution is -0.118. The van der Waals surface area contributed by atoms with Crippen molar-refractivity contribution in [3.63, 3.8) is 0 Å². The minimum atomic E-state index is -0.565. The average Bonchev–Trinajstić information content (AvgIpc) is 3.46. The monoisotopic (exact) mass is 761 g/mol. The maximum Gasteiger partial charge on any atom is 0.184 e. The van der Waals surface area contributed by atoms with Gasteiger partial charge in [0.25, 0.3) is 0 Å². The molecule has 5 rings (SSSR count). The van der Waals surface area contributed by atoms with Crippen molar-refractivity contribution in [2.24, 2.45) is 11.3 Å². The van der Waals surface area contributed by atoms with Gasteiger partial charge in [-0.05, 0) is 49.7 Å². The number of benzene rings is 1. The second kappa shape index (κ2) is 11.5. The van der Waals surface area contributed by atoms with Crippen molar-refractivity contribution in [1.29, 1.82) is 0 Å². The highest BCUT2D eigenvalue weighted by atomic mass is 127. The number of carbonyl (C=O) groups is 1. The molecule has 0 spiro atoms. The van der Waals surface area contributed by atoms with Crippen LogP contribution in [0.2, 0.25) is 0 Å². The van der Waals surface area contributed by atoms with E-state index < -0.39 is 26.8 Å². The van der Waals surface area contributed by atoms with Gasteiger partial charge < -0.3 is 25.0 Å². The standard InChI is InChI=1S/C31H41I2NO5/c1-19(20(2)35)16-30(32)27(25-12-11-23(36)18-34-25)24(17-29(3)26(37)6-5-13-31(29,30)33-4)21-7-9-22(10-8-21)28-38-14-15-39-28/h7-10,19,24,26,28,34-35,37H,2,4-6,11-18H2,1,3H3/b27-25-/t19?,24-,26-,29+,30-,31-/m0/s1. The number of piperidine rings is 1. The zero-order valence-corrected chi connectivity index (χ0v) is 27.3. The van der Waals surface area contributed by atoms with Crippen molar-refractivity contribution in [1.82, 2.24) is 5.32 Å². The number of fused-ring (bicyclic) bond motifs is 1. The van der Waals surface area contributed by atoms with Crippen molar-refractivity contribution in [3.05, 3.63) is 59.0 Å². The number of alkyl halides is 2. The molecular formula is C31H41I2NO5. The lowest BCUT2D eigenvalue weighted by Gasteiger charge is -2.66. The van der Waals surface area contributed by atoms with E-state index in [-0.39, 0.29) is 41.9 Å². The number of rotatable bonds is 6. The number of halogens is 2. The molecule has 6 atom stereocenters. The first-order valence-corrected chi connectivity index (χ1v) is 17.7. The zero-order chi connectivity index (χ0) is 28.0. The van der Waals surface area contributed by atoms with E-state index in [0.717, 1.165) is 36.9 Å². The second-order valence-corrected chi connectivity index (χ2v) is 16.4. The first-order valence-electron chi connectivity index (χ1n) is 14.0. The Morgan fingerprint density at radius 1 is 1.23 bits per heavy atom. The number of allylic oxidation sites excluding steroid dienone is 3. The Kier molecular flexibility index (Phi) is 8.71. The molecule has 2 saturated carbocycles. The number of hydrogen-bond donors (Lipinski definition) is 3. The average molecular weight is 761 g/mol. The third-order valence-electron chi connectivity index (χ3n) is 9.77. The number of aliphatic hydroxyl groups is 2. The minimum absolute atomic E-state index is 0.0534. The van der Waals surface area contributed by atoms with Crippen LogP contribution in [-0.4, -0.2) is 53.2 Å². The number of hydrogen-bond acceptors (Lipinski definition) is 6. The van der Waals surface area contributed by atoms with E-state index in [1.165, 1.54) is 11.1 Å². The number of ketones is 1. The van der Waals surface area contributed by atoms with Crippen LogP contribution in [0.4, 0.5) is 0 Å². The summed E-state index contributed by atoms with van der Waals surface area (Å²) in [4.78, 5) is 12.3. The van der Waals surface area contributed by atoms with Crippen molar-refractivity contribution in [3.8, 4) is 0 Å². The number of Topliss-reactive ketones (excluding diaryl/α,β-unsaturated/α-hetero) is 1. The van der Waals surface area contributed by atoms with E-state index in [0.29, 0.717) is 39.0 Å². The summed E-state index contributed by atoms with van der Waals surface area (Å²) in [6.07, 6.45) is 4.83. The fraction of sp³-hybridized carbons (Fsp3) is 0.613. The summed E-state index contributed by atoms with van der Waals surface area (Å²) in [5.74, 6) is 0.371. The Bertz CT molecular complexity index is 1150. The van der Waals surface area contributed by atoms with E-state index in [2.05, 4.69) is 77.1 Å². The smallest absolute Gasteiger partial charge is 0.184 e. The van der Waals surface area contributed by atoms with Gasteiger partial charge in [0.2, 0.25) is 0 Å². The first-order chi connectivity index (χ1) is 18.6. The van der Waals surface area contributed by atoms with Gasteiger partial charge >= 0.3 is 0 Å². The molecule has 39 heavy (non-hydrogen) atoms. The highest BCUT2D eigenvalue weighted by Crippen LogP contribution is 2.72. The molecule has 2 heterocycles. The molecule has 0 aromatic heterocycles. The normalized spacial score (nSPS) is 38.2. The quantitative estimate of drug-likeness (QED) is 0.177. The van der Waals surface area contributed by atoms with Crippen LogP contribution < -0.4 is 5.32 Å². The van der Waals surface area contributed by atoms with Gasteiger partial charge in [0, 0.05) is 38.4 Å². The summed E-state index contributed by atoms with van der Waals surface area (Å²) in [6.45, 7) is 9.81. The lowest BCUT2D eigenvalue weighted by atomic mass is 9.49. The van der Waals surface area contributed by atoms with Crippen LogP contribution in [0, 0.1) is 11.3 Å². The van der Waals surface area contributed by atoms with Crippen LogP contribution in [0.25, 0.3) is 0 Å². The van der Waals surface area contributed by atoms with Crippen molar-refractivity contribution in [2.45, 2.75) is 83.9 Å². The molecule has 214 valence electrons. The number of aliphatic hydroxyl groups excluding tert-OH is 2. The van der Waals surface area contributed by atoms with Crippen LogP contribution in [-0.2, 0) is 14.3 Å². The third-order valence-corrected chi connectivity index (χ3v) is 16.7. The summed E-state index contributed by atoms with van der Waals surface area (Å²) in [6, 6.07) is 8.59. The molecule has 2 saturated heterocycles. The predicted molar refractivity (Wildman–Crippen MR) is 172 cm³/mol. The Hall–Kier alpha value is -0.820. The molecule has 1 aromatic rings. The summed E-state index contributed by atoms with van der Waals surface area (Å²) in [7, 11) is 0. The maximum atomic E-state index is 12.3. The van der Waals surface area contributed by atoms with Gasteiger partial charge in [-0.1, -0.05) is 71.8 Å². The molecule has 0 radical (unpaired) electrons. The molecule has 8 heteroatoms. The van der Waals surface area contributed by atoms with Crippen LogP contribution in [0.3, 0.4) is 0 Å². The highest BCUT2D eigenvalue weighted by Gasteiger charge is 2.68. The van der Waals surface area contributed by atoms with Gasteiger partial charge in [0.1, 0.15) is 0 Å². The molecule has 0 amide bonds. The largest absolute Gasteiger partial charge is 0.513 e. The van der Waals surface area contributed by atoms with Crippen molar-refractivity contribution >= 4 is 53.6 Å². The molecule has 6 nitrogen and oxygen atoms in total. The van der Waals surface area contributed by atoms with Gasteiger partial charge in [0.05, 0.1) is 35.0 Å². The second-order valence-electron chi connectivity index (χ2n) is 11.9. The summed E-state index contributed by atoms with van der Waals surface area (Å²) >= 11 is 2.13. The molecule has 4 aliphatic rings. The fourth-order valence-electron chi connectivity index (χ4n) is 7.56. The maximum absolute atomic E-state index is 12.3. The van der Waals surface area contributed by atoms with E-state index >= 15 is 0 Å². The summed E-state index contributed by atoms with van der Waals surface area (Å²) in [5.41, 5.74) is 4.38.